The SMILES string of the molecule is O=C1OCC[C@@H]1Sc1nnc(-c2ccc(F)cc2)n1-c1ccccc1. The number of cyclic esters (lactones) is 1. The molecule has 1 aliphatic heterocycles. The Hall–Kier alpha value is -2.67. The summed E-state index contributed by atoms with van der Waals surface area (Å²) in [6.07, 6.45) is 0.650. The second-order valence-electron chi connectivity index (χ2n) is 5.55. The maximum absolute atomic E-state index is 13.2. The second kappa shape index (κ2) is 6.68. The first-order valence-corrected chi connectivity index (χ1v) is 8.70. The van der Waals surface area contributed by atoms with Gasteiger partial charge in [0.15, 0.2) is 11.0 Å². The third-order valence-corrected chi connectivity index (χ3v) is 5.07. The molecule has 0 saturated carbocycles. The summed E-state index contributed by atoms with van der Waals surface area (Å²) < 4.78 is 20.2. The van der Waals surface area contributed by atoms with Crippen molar-refractivity contribution in [1.29, 1.82) is 0 Å². The van der Waals surface area contributed by atoms with Gasteiger partial charge in [0, 0.05) is 17.7 Å². The number of para-hydroxylation sites is 1. The maximum atomic E-state index is 13.2. The number of rotatable bonds is 4. The third kappa shape index (κ3) is 3.15. The van der Waals surface area contributed by atoms with Gasteiger partial charge in [0.1, 0.15) is 11.1 Å². The number of thioether (sulfide) groups is 1. The van der Waals surface area contributed by atoms with Gasteiger partial charge in [0.05, 0.1) is 6.61 Å². The first-order valence-electron chi connectivity index (χ1n) is 7.82. The number of hydrogen-bond acceptors (Lipinski definition) is 5. The molecule has 4 rings (SSSR count). The summed E-state index contributed by atoms with van der Waals surface area (Å²) in [5.74, 6) is 0.0637. The normalized spacial score (nSPS) is 16.8. The van der Waals surface area contributed by atoms with Crippen LogP contribution >= 0.6 is 11.8 Å². The number of carbonyl (C=O) groups is 1. The molecule has 0 amide bonds. The standard InChI is InChI=1S/C18H14FN3O2S/c19-13-8-6-12(7-9-13)16-20-21-18(25-15-10-11-24-17(15)23)22(16)14-4-2-1-3-5-14/h1-9,15H,10-11H2/t15-/m0/s1. The van der Waals surface area contributed by atoms with E-state index in [1.807, 2.05) is 34.9 Å². The zero-order chi connectivity index (χ0) is 17.2. The van der Waals surface area contributed by atoms with Crippen LogP contribution in [0.5, 0.6) is 0 Å². The van der Waals surface area contributed by atoms with Crippen molar-refractivity contribution in [1.82, 2.24) is 14.8 Å². The molecule has 126 valence electrons. The van der Waals surface area contributed by atoms with Crippen molar-refractivity contribution in [2.24, 2.45) is 0 Å². The lowest BCUT2D eigenvalue weighted by Gasteiger charge is -2.11. The molecule has 0 radical (unpaired) electrons. The fraction of sp³-hybridized carbons (Fsp3) is 0.167. The van der Waals surface area contributed by atoms with Gasteiger partial charge in [0.2, 0.25) is 0 Å². The van der Waals surface area contributed by atoms with E-state index >= 15 is 0 Å². The Kier molecular flexibility index (Phi) is 4.23. The van der Waals surface area contributed by atoms with Gasteiger partial charge < -0.3 is 4.74 Å². The molecule has 5 nitrogen and oxygen atoms in total. The fourth-order valence-electron chi connectivity index (χ4n) is 2.65. The number of halogens is 1. The van der Waals surface area contributed by atoms with E-state index in [4.69, 9.17) is 4.74 Å². The van der Waals surface area contributed by atoms with Crippen molar-refractivity contribution in [3.63, 3.8) is 0 Å². The Morgan fingerprint density at radius 1 is 1.08 bits per heavy atom. The minimum atomic E-state index is -0.308. The van der Waals surface area contributed by atoms with E-state index in [2.05, 4.69) is 10.2 Å². The molecule has 1 atom stereocenters. The number of ether oxygens (including phenoxy) is 1. The Bertz CT molecular complexity index is 896. The van der Waals surface area contributed by atoms with Crippen molar-refractivity contribution in [2.45, 2.75) is 16.8 Å². The van der Waals surface area contributed by atoms with Crippen molar-refractivity contribution >= 4 is 17.7 Å². The number of esters is 1. The van der Waals surface area contributed by atoms with Crippen LogP contribution in [-0.4, -0.2) is 32.6 Å². The van der Waals surface area contributed by atoms with Gasteiger partial charge in [-0.2, -0.15) is 0 Å². The quantitative estimate of drug-likeness (QED) is 0.671. The van der Waals surface area contributed by atoms with E-state index < -0.39 is 0 Å². The molecule has 1 aromatic heterocycles. The molecule has 1 saturated heterocycles. The summed E-state index contributed by atoms with van der Waals surface area (Å²) in [5, 5.41) is 8.86. The minimum Gasteiger partial charge on any atom is -0.465 e. The molecule has 25 heavy (non-hydrogen) atoms. The third-order valence-electron chi connectivity index (χ3n) is 3.89. The van der Waals surface area contributed by atoms with Crippen molar-refractivity contribution in [3.05, 3.63) is 60.4 Å². The Labute approximate surface area is 147 Å². The lowest BCUT2D eigenvalue weighted by atomic mass is 10.2. The molecule has 0 bridgehead atoms. The van der Waals surface area contributed by atoms with Crippen molar-refractivity contribution in [3.8, 4) is 17.1 Å². The first kappa shape index (κ1) is 15.8. The van der Waals surface area contributed by atoms with Crippen LogP contribution in [0.2, 0.25) is 0 Å². The summed E-state index contributed by atoms with van der Waals surface area (Å²) in [4.78, 5) is 11.8. The van der Waals surface area contributed by atoms with Gasteiger partial charge in [-0.1, -0.05) is 30.0 Å². The molecule has 2 aromatic carbocycles. The number of aromatic nitrogens is 3. The monoisotopic (exact) mass is 355 g/mol. The molecule has 1 aliphatic rings. The van der Waals surface area contributed by atoms with Gasteiger partial charge >= 0.3 is 5.97 Å². The minimum absolute atomic E-state index is 0.226. The van der Waals surface area contributed by atoms with E-state index in [0.717, 1.165) is 11.3 Å². The van der Waals surface area contributed by atoms with Crippen LogP contribution in [0.15, 0.2) is 59.8 Å². The Morgan fingerprint density at radius 2 is 1.84 bits per heavy atom. The molecule has 1 fully saturated rings. The van der Waals surface area contributed by atoms with Crippen LogP contribution in [0.1, 0.15) is 6.42 Å². The Morgan fingerprint density at radius 3 is 2.52 bits per heavy atom. The highest BCUT2D eigenvalue weighted by Gasteiger charge is 2.30. The zero-order valence-corrected chi connectivity index (χ0v) is 13.9. The first-order chi connectivity index (χ1) is 12.2. The summed E-state index contributed by atoms with van der Waals surface area (Å²) in [5.41, 5.74) is 1.62. The van der Waals surface area contributed by atoms with Crippen molar-refractivity contribution in [2.75, 3.05) is 6.61 Å². The predicted octanol–water partition coefficient (Wildman–Crippen LogP) is 3.48. The summed E-state index contributed by atoms with van der Waals surface area (Å²) >= 11 is 1.34. The fourth-order valence-corrected chi connectivity index (χ4v) is 3.67. The van der Waals surface area contributed by atoms with Gasteiger partial charge in [-0.05, 0) is 36.4 Å². The molecule has 0 spiro atoms. The van der Waals surface area contributed by atoms with Gasteiger partial charge in [-0.3, -0.25) is 9.36 Å². The predicted molar refractivity (Wildman–Crippen MR) is 92.0 cm³/mol. The highest BCUT2D eigenvalue weighted by Crippen LogP contribution is 2.33. The summed E-state index contributed by atoms with van der Waals surface area (Å²) in [6, 6.07) is 15.7. The zero-order valence-electron chi connectivity index (χ0n) is 13.1. The number of hydrogen-bond donors (Lipinski definition) is 0. The smallest absolute Gasteiger partial charge is 0.319 e. The van der Waals surface area contributed by atoms with Crippen LogP contribution in [0.25, 0.3) is 17.1 Å². The number of benzene rings is 2. The topological polar surface area (TPSA) is 57.0 Å². The molecular formula is C18H14FN3O2S. The van der Waals surface area contributed by atoms with Gasteiger partial charge in [-0.25, -0.2) is 4.39 Å². The van der Waals surface area contributed by atoms with Crippen LogP contribution in [-0.2, 0) is 9.53 Å². The largest absolute Gasteiger partial charge is 0.465 e. The lowest BCUT2D eigenvalue weighted by molar-refractivity contribution is -0.137. The molecule has 0 unspecified atom stereocenters. The van der Waals surface area contributed by atoms with E-state index in [9.17, 15) is 9.18 Å². The van der Waals surface area contributed by atoms with E-state index in [0.29, 0.717) is 24.0 Å². The number of nitrogens with zero attached hydrogens (tertiary/aromatic N) is 3. The van der Waals surface area contributed by atoms with Crippen LogP contribution in [0.3, 0.4) is 0 Å². The van der Waals surface area contributed by atoms with E-state index in [-0.39, 0.29) is 17.0 Å². The Balaban J connectivity index is 1.79. The number of carbonyl (C=O) groups excluding carboxylic acids is 1. The maximum Gasteiger partial charge on any atom is 0.319 e. The van der Waals surface area contributed by atoms with Crippen LogP contribution in [0, 0.1) is 5.82 Å². The average Bonchev–Trinajstić information content (AvgIpc) is 3.23. The van der Waals surface area contributed by atoms with Crippen LogP contribution < -0.4 is 0 Å². The van der Waals surface area contributed by atoms with Gasteiger partial charge in [0.25, 0.3) is 0 Å². The molecule has 3 aromatic rings. The summed E-state index contributed by atoms with van der Waals surface area (Å²) in [6.45, 7) is 0.431. The van der Waals surface area contributed by atoms with Gasteiger partial charge in [-0.15, -0.1) is 10.2 Å². The van der Waals surface area contributed by atoms with E-state index in [1.54, 1.807) is 12.1 Å². The van der Waals surface area contributed by atoms with Crippen molar-refractivity contribution < 1.29 is 13.9 Å². The molecule has 2 heterocycles. The summed E-state index contributed by atoms with van der Waals surface area (Å²) in [7, 11) is 0. The molecule has 7 heteroatoms. The highest BCUT2D eigenvalue weighted by molar-refractivity contribution is 8.00. The molecule has 0 aliphatic carbocycles. The lowest BCUT2D eigenvalue weighted by Crippen LogP contribution is -2.11. The molecule has 0 N–H and O–H groups in total. The average molecular weight is 355 g/mol. The van der Waals surface area contributed by atoms with E-state index in [1.165, 1.54) is 23.9 Å². The van der Waals surface area contributed by atoms with Crippen LogP contribution in [0.4, 0.5) is 4.39 Å². The second-order valence-corrected chi connectivity index (χ2v) is 6.72. The molecular weight excluding hydrogens is 341 g/mol. The highest BCUT2D eigenvalue weighted by atomic mass is 32.2.